The van der Waals surface area contributed by atoms with Gasteiger partial charge in [-0.1, -0.05) is 11.6 Å². The summed E-state index contributed by atoms with van der Waals surface area (Å²) in [6.07, 6.45) is 3.16. The third-order valence-electron chi connectivity index (χ3n) is 3.86. The summed E-state index contributed by atoms with van der Waals surface area (Å²) in [6.45, 7) is 0.601. The number of nitrogens with zero attached hydrogens (tertiary/aromatic N) is 2. The molecule has 1 aromatic heterocycles. The van der Waals surface area contributed by atoms with Gasteiger partial charge in [0.15, 0.2) is 11.9 Å². The van der Waals surface area contributed by atoms with Gasteiger partial charge in [0.1, 0.15) is 5.75 Å². The van der Waals surface area contributed by atoms with Crippen LogP contribution in [0.15, 0.2) is 57.9 Å². The van der Waals surface area contributed by atoms with E-state index >= 15 is 0 Å². The third kappa shape index (κ3) is 4.17. The van der Waals surface area contributed by atoms with Crippen molar-refractivity contribution >= 4 is 50.0 Å². The number of hydrogen-bond donors (Lipinski definition) is 1. The minimum Gasteiger partial charge on any atom is -0.466 e. The van der Waals surface area contributed by atoms with Crippen LogP contribution in [0.25, 0.3) is 0 Å². The molecule has 1 N–H and O–H groups in total. The fourth-order valence-electron chi connectivity index (χ4n) is 2.61. The number of anilines is 1. The van der Waals surface area contributed by atoms with E-state index in [1.807, 2.05) is 0 Å². The Bertz CT molecular complexity index is 1110. The monoisotopic (exact) mass is 435 g/mol. The van der Waals surface area contributed by atoms with Crippen molar-refractivity contribution in [3.63, 3.8) is 0 Å². The number of hydrogen-bond acceptors (Lipinski definition) is 7. The van der Waals surface area contributed by atoms with Crippen molar-refractivity contribution in [3.05, 3.63) is 64.1 Å². The van der Waals surface area contributed by atoms with Gasteiger partial charge in [0, 0.05) is 33.9 Å². The summed E-state index contributed by atoms with van der Waals surface area (Å²) in [5.74, 6) is 0.686. The van der Waals surface area contributed by atoms with Crippen molar-refractivity contribution in [1.82, 2.24) is 4.98 Å². The maximum absolute atomic E-state index is 12.4. The van der Waals surface area contributed by atoms with Gasteiger partial charge in [-0.15, -0.1) is 11.3 Å². The number of aliphatic imine (C=N–C) groups is 1. The Labute approximate surface area is 170 Å². The number of thiazole rings is 1. The van der Waals surface area contributed by atoms with E-state index in [2.05, 4.69) is 14.7 Å². The Balaban J connectivity index is 1.55. The molecule has 1 aliphatic rings. The first kappa shape index (κ1) is 18.9. The summed E-state index contributed by atoms with van der Waals surface area (Å²) in [5, 5.41) is 2.57. The number of fused-ring (bicyclic) bond motifs is 1. The summed E-state index contributed by atoms with van der Waals surface area (Å²) >= 11 is 7.35. The zero-order valence-electron chi connectivity index (χ0n) is 14.3. The predicted octanol–water partition coefficient (Wildman–Crippen LogP) is 4.21. The Morgan fingerprint density at radius 2 is 2.07 bits per heavy atom. The van der Waals surface area contributed by atoms with Gasteiger partial charge < -0.3 is 9.47 Å². The van der Waals surface area contributed by atoms with Gasteiger partial charge in [-0.05, 0) is 36.4 Å². The maximum Gasteiger partial charge on any atom is 0.263 e. The topological polar surface area (TPSA) is 89.9 Å². The second-order valence-electron chi connectivity index (χ2n) is 5.79. The van der Waals surface area contributed by atoms with Crippen LogP contribution in [0.4, 0.5) is 10.8 Å². The predicted molar refractivity (Wildman–Crippen MR) is 108 cm³/mol. The number of halogens is 1. The van der Waals surface area contributed by atoms with Crippen molar-refractivity contribution < 1.29 is 17.9 Å². The van der Waals surface area contributed by atoms with Gasteiger partial charge in [0.2, 0.25) is 0 Å². The zero-order chi connectivity index (χ0) is 19.6. The summed E-state index contributed by atoms with van der Waals surface area (Å²) in [4.78, 5) is 8.44. The largest absolute Gasteiger partial charge is 0.466 e. The van der Waals surface area contributed by atoms with Crippen LogP contribution in [0.2, 0.25) is 5.02 Å². The molecule has 2 aromatic carbocycles. The van der Waals surface area contributed by atoms with Gasteiger partial charge in [-0.25, -0.2) is 13.4 Å². The number of ether oxygens (including phenoxy) is 2. The highest BCUT2D eigenvalue weighted by atomic mass is 35.5. The lowest BCUT2D eigenvalue weighted by molar-refractivity contribution is -0.0164. The lowest BCUT2D eigenvalue weighted by Crippen LogP contribution is -2.13. The van der Waals surface area contributed by atoms with Gasteiger partial charge in [0.25, 0.3) is 10.0 Å². The Kier molecular flexibility index (Phi) is 5.31. The van der Waals surface area contributed by atoms with E-state index in [1.54, 1.807) is 35.9 Å². The SMILES string of the molecule is O=S(=O)(Nc1nccs1)c1ccc(/N=C/c2cc(Cl)cc3c2OCOC3)cc1. The molecule has 0 aliphatic carbocycles. The number of sulfonamides is 1. The zero-order valence-corrected chi connectivity index (χ0v) is 16.7. The highest BCUT2D eigenvalue weighted by Crippen LogP contribution is 2.31. The van der Waals surface area contributed by atoms with E-state index in [0.29, 0.717) is 28.2 Å². The first-order valence-corrected chi connectivity index (χ1v) is 10.8. The molecule has 0 amide bonds. The second-order valence-corrected chi connectivity index (χ2v) is 8.80. The fraction of sp³-hybridized carbons (Fsp3) is 0.111. The molecular weight excluding hydrogens is 422 g/mol. The van der Waals surface area contributed by atoms with Crippen molar-refractivity contribution in [2.24, 2.45) is 4.99 Å². The van der Waals surface area contributed by atoms with Crippen LogP contribution in [0.3, 0.4) is 0 Å². The molecule has 0 bridgehead atoms. The minimum atomic E-state index is -3.69. The van der Waals surface area contributed by atoms with E-state index in [4.69, 9.17) is 21.1 Å². The Morgan fingerprint density at radius 1 is 1.25 bits per heavy atom. The molecule has 0 spiro atoms. The first-order valence-electron chi connectivity index (χ1n) is 8.11. The average Bonchev–Trinajstić information content (AvgIpc) is 3.18. The van der Waals surface area contributed by atoms with Crippen LogP contribution >= 0.6 is 22.9 Å². The molecule has 0 fully saturated rings. The van der Waals surface area contributed by atoms with Crippen LogP contribution in [0.1, 0.15) is 11.1 Å². The average molecular weight is 436 g/mol. The molecule has 7 nitrogen and oxygen atoms in total. The lowest BCUT2D eigenvalue weighted by Gasteiger charge is -2.19. The van der Waals surface area contributed by atoms with Crippen molar-refractivity contribution in [3.8, 4) is 5.75 Å². The molecule has 0 atom stereocenters. The normalized spacial score (nSPS) is 13.9. The van der Waals surface area contributed by atoms with Crippen LogP contribution in [0.5, 0.6) is 5.75 Å². The molecule has 144 valence electrons. The summed E-state index contributed by atoms with van der Waals surface area (Å²) in [5.41, 5.74) is 2.18. The Morgan fingerprint density at radius 3 is 2.82 bits per heavy atom. The lowest BCUT2D eigenvalue weighted by atomic mass is 10.1. The summed E-state index contributed by atoms with van der Waals surface area (Å²) in [6, 6.07) is 9.76. The third-order valence-corrected chi connectivity index (χ3v) is 6.25. The Hall–Kier alpha value is -2.46. The summed E-state index contributed by atoms with van der Waals surface area (Å²) in [7, 11) is -3.69. The van der Waals surface area contributed by atoms with Crippen molar-refractivity contribution in [2.75, 3.05) is 11.5 Å². The molecule has 28 heavy (non-hydrogen) atoms. The highest BCUT2D eigenvalue weighted by molar-refractivity contribution is 7.93. The summed E-state index contributed by atoms with van der Waals surface area (Å²) < 4.78 is 38.0. The number of aromatic nitrogens is 1. The molecule has 3 aromatic rings. The van der Waals surface area contributed by atoms with E-state index < -0.39 is 10.0 Å². The van der Waals surface area contributed by atoms with Crippen LogP contribution in [-0.2, 0) is 21.4 Å². The van der Waals surface area contributed by atoms with Gasteiger partial charge in [-0.3, -0.25) is 9.71 Å². The standard InChI is InChI=1S/C18H14ClN3O4S2/c19-14-7-12(17-13(8-14)10-25-11-26-17)9-21-15-1-3-16(4-2-15)28(23,24)22-18-20-5-6-27-18/h1-9H,10-11H2,(H,20,22)/b21-9+. The van der Waals surface area contributed by atoms with E-state index in [9.17, 15) is 8.42 Å². The van der Waals surface area contributed by atoms with Crippen molar-refractivity contribution in [2.45, 2.75) is 11.5 Å². The molecule has 1 aliphatic heterocycles. The maximum atomic E-state index is 12.4. The molecule has 0 unspecified atom stereocenters. The van der Waals surface area contributed by atoms with Crippen LogP contribution in [-0.4, -0.2) is 26.4 Å². The van der Waals surface area contributed by atoms with Gasteiger partial charge in [0.05, 0.1) is 17.2 Å². The molecule has 0 saturated carbocycles. The van der Waals surface area contributed by atoms with Crippen LogP contribution in [0, 0.1) is 0 Å². The second kappa shape index (κ2) is 7.88. The van der Waals surface area contributed by atoms with E-state index in [0.717, 1.165) is 11.1 Å². The first-order chi connectivity index (χ1) is 13.5. The number of benzene rings is 2. The molecule has 2 heterocycles. The quantitative estimate of drug-likeness (QED) is 0.606. The molecule has 0 saturated heterocycles. The fourth-order valence-corrected chi connectivity index (χ4v) is 4.65. The molecule has 0 radical (unpaired) electrons. The van der Waals surface area contributed by atoms with Crippen molar-refractivity contribution in [1.29, 1.82) is 0 Å². The minimum absolute atomic E-state index is 0.127. The number of nitrogens with one attached hydrogen (secondary N) is 1. The number of rotatable bonds is 5. The molecular formula is C18H14ClN3O4S2. The smallest absolute Gasteiger partial charge is 0.263 e. The van der Waals surface area contributed by atoms with E-state index in [-0.39, 0.29) is 11.7 Å². The molecule has 10 heteroatoms. The van der Waals surface area contributed by atoms with Gasteiger partial charge >= 0.3 is 0 Å². The molecule has 4 rings (SSSR count). The van der Waals surface area contributed by atoms with E-state index in [1.165, 1.54) is 29.7 Å². The van der Waals surface area contributed by atoms with Gasteiger partial charge in [-0.2, -0.15) is 0 Å². The van der Waals surface area contributed by atoms with Crippen LogP contribution < -0.4 is 9.46 Å². The highest BCUT2D eigenvalue weighted by Gasteiger charge is 2.16.